The summed E-state index contributed by atoms with van der Waals surface area (Å²) in [5.74, 6) is -0.540. The van der Waals surface area contributed by atoms with E-state index in [1.54, 1.807) is 7.05 Å². The van der Waals surface area contributed by atoms with Gasteiger partial charge in [-0.3, -0.25) is 0 Å². The van der Waals surface area contributed by atoms with Crippen molar-refractivity contribution in [1.29, 1.82) is 0 Å². The molecule has 0 atom stereocenters. The fourth-order valence-corrected chi connectivity index (χ4v) is 1.54. The summed E-state index contributed by atoms with van der Waals surface area (Å²) in [7, 11) is 3.04. The molecule has 2 rings (SSSR count). The minimum absolute atomic E-state index is 0.00861. The van der Waals surface area contributed by atoms with Crippen molar-refractivity contribution in [2.24, 2.45) is 0 Å². The highest BCUT2D eigenvalue weighted by Gasteiger charge is 2.14. The minimum atomic E-state index is -0.641. The third-order valence-electron chi connectivity index (χ3n) is 2.38. The first-order chi connectivity index (χ1) is 8.65. The number of hydrogen-bond donors (Lipinski definition) is 1. The standard InChI is InChI=1S/C12H11F2N3O/c1-15-12-16-6-9(14)11(17-12)8-5-7(13)3-4-10(8)18-2/h3-6H,1-2H3,(H,15,16,17). The molecule has 0 unspecified atom stereocenters. The molecular formula is C12H11F2N3O. The maximum Gasteiger partial charge on any atom is 0.223 e. The fourth-order valence-electron chi connectivity index (χ4n) is 1.54. The van der Waals surface area contributed by atoms with Gasteiger partial charge in [0.2, 0.25) is 5.95 Å². The molecule has 1 N–H and O–H groups in total. The number of methoxy groups -OCH3 is 1. The molecule has 0 aliphatic carbocycles. The van der Waals surface area contributed by atoms with Crippen LogP contribution in [0.3, 0.4) is 0 Å². The minimum Gasteiger partial charge on any atom is -0.496 e. The van der Waals surface area contributed by atoms with Gasteiger partial charge in [0.15, 0.2) is 5.82 Å². The van der Waals surface area contributed by atoms with E-state index in [-0.39, 0.29) is 17.2 Å². The number of ether oxygens (including phenoxy) is 1. The van der Waals surface area contributed by atoms with Crippen LogP contribution >= 0.6 is 0 Å². The highest BCUT2D eigenvalue weighted by molar-refractivity contribution is 5.68. The zero-order valence-electron chi connectivity index (χ0n) is 9.87. The van der Waals surface area contributed by atoms with Crippen molar-refractivity contribution in [3.63, 3.8) is 0 Å². The number of anilines is 1. The Morgan fingerprint density at radius 1 is 1.28 bits per heavy atom. The molecule has 0 fully saturated rings. The van der Waals surface area contributed by atoms with E-state index < -0.39 is 11.6 Å². The van der Waals surface area contributed by atoms with Crippen molar-refractivity contribution >= 4 is 5.95 Å². The zero-order valence-corrected chi connectivity index (χ0v) is 9.87. The Kier molecular flexibility index (Phi) is 3.36. The van der Waals surface area contributed by atoms with Gasteiger partial charge in [0, 0.05) is 12.6 Å². The Bertz CT molecular complexity index is 575. The molecule has 0 saturated heterocycles. The summed E-state index contributed by atoms with van der Waals surface area (Å²) < 4.78 is 32.0. The van der Waals surface area contributed by atoms with Crippen LogP contribution in [0.1, 0.15) is 0 Å². The Balaban J connectivity index is 2.63. The van der Waals surface area contributed by atoms with Gasteiger partial charge >= 0.3 is 0 Å². The lowest BCUT2D eigenvalue weighted by Crippen LogP contribution is -2.01. The second-order valence-electron chi connectivity index (χ2n) is 3.48. The molecule has 94 valence electrons. The second-order valence-corrected chi connectivity index (χ2v) is 3.48. The number of nitrogens with zero attached hydrogens (tertiary/aromatic N) is 2. The summed E-state index contributed by atoms with van der Waals surface area (Å²) in [6.45, 7) is 0. The normalized spacial score (nSPS) is 10.2. The molecule has 0 radical (unpaired) electrons. The van der Waals surface area contributed by atoms with E-state index >= 15 is 0 Å². The van der Waals surface area contributed by atoms with Crippen molar-refractivity contribution < 1.29 is 13.5 Å². The van der Waals surface area contributed by atoms with Crippen LogP contribution in [0.15, 0.2) is 24.4 Å². The summed E-state index contributed by atoms with van der Waals surface area (Å²) in [6.07, 6.45) is 1.03. The Labute approximate surface area is 103 Å². The monoisotopic (exact) mass is 251 g/mol. The Hall–Kier alpha value is -2.24. The van der Waals surface area contributed by atoms with E-state index in [1.807, 2.05) is 0 Å². The molecule has 0 saturated carbocycles. The molecule has 0 bridgehead atoms. The van der Waals surface area contributed by atoms with E-state index in [9.17, 15) is 8.78 Å². The third-order valence-corrected chi connectivity index (χ3v) is 2.38. The van der Waals surface area contributed by atoms with E-state index in [4.69, 9.17) is 4.74 Å². The molecule has 1 heterocycles. The number of hydrogen-bond acceptors (Lipinski definition) is 4. The van der Waals surface area contributed by atoms with Gasteiger partial charge in [-0.15, -0.1) is 0 Å². The maximum absolute atomic E-state index is 13.7. The Morgan fingerprint density at radius 3 is 2.72 bits per heavy atom. The van der Waals surface area contributed by atoms with Gasteiger partial charge in [0.25, 0.3) is 0 Å². The molecule has 4 nitrogen and oxygen atoms in total. The first-order valence-corrected chi connectivity index (χ1v) is 5.20. The average Bonchev–Trinajstić information content (AvgIpc) is 2.39. The van der Waals surface area contributed by atoms with Gasteiger partial charge in [0.05, 0.1) is 13.3 Å². The first kappa shape index (κ1) is 12.2. The molecule has 0 amide bonds. The van der Waals surface area contributed by atoms with Gasteiger partial charge in [0.1, 0.15) is 17.3 Å². The van der Waals surface area contributed by atoms with Crippen molar-refractivity contribution in [3.05, 3.63) is 36.0 Å². The summed E-state index contributed by atoms with van der Waals surface area (Å²) in [4.78, 5) is 7.70. The van der Waals surface area contributed by atoms with Crippen molar-refractivity contribution in [2.45, 2.75) is 0 Å². The van der Waals surface area contributed by atoms with Gasteiger partial charge in [-0.05, 0) is 18.2 Å². The zero-order chi connectivity index (χ0) is 13.1. The molecule has 18 heavy (non-hydrogen) atoms. The van der Waals surface area contributed by atoms with Gasteiger partial charge < -0.3 is 10.1 Å². The third kappa shape index (κ3) is 2.22. The number of rotatable bonds is 3. The lowest BCUT2D eigenvalue weighted by Gasteiger charge is -2.09. The van der Waals surface area contributed by atoms with Gasteiger partial charge in [-0.1, -0.05) is 0 Å². The van der Waals surface area contributed by atoms with Gasteiger partial charge in [-0.2, -0.15) is 0 Å². The summed E-state index contributed by atoms with van der Waals surface area (Å²) >= 11 is 0. The molecule has 0 aliphatic heterocycles. The number of aromatic nitrogens is 2. The molecule has 0 spiro atoms. The molecule has 6 heteroatoms. The van der Waals surface area contributed by atoms with Crippen molar-refractivity contribution in [1.82, 2.24) is 9.97 Å². The molecule has 0 aliphatic rings. The van der Waals surface area contributed by atoms with Crippen molar-refractivity contribution in [2.75, 3.05) is 19.5 Å². The molecule has 1 aromatic carbocycles. The van der Waals surface area contributed by atoms with Crippen LogP contribution in [0.2, 0.25) is 0 Å². The predicted molar refractivity (Wildman–Crippen MR) is 63.5 cm³/mol. The molecular weight excluding hydrogens is 240 g/mol. The summed E-state index contributed by atoms with van der Waals surface area (Å²) in [5, 5.41) is 2.69. The lowest BCUT2D eigenvalue weighted by molar-refractivity contribution is 0.415. The number of nitrogens with one attached hydrogen (secondary N) is 1. The highest BCUT2D eigenvalue weighted by atomic mass is 19.1. The quantitative estimate of drug-likeness (QED) is 0.910. The predicted octanol–water partition coefficient (Wildman–Crippen LogP) is 2.47. The van der Waals surface area contributed by atoms with Crippen LogP contribution in [-0.4, -0.2) is 24.1 Å². The smallest absolute Gasteiger partial charge is 0.223 e. The van der Waals surface area contributed by atoms with E-state index in [1.165, 1.54) is 25.3 Å². The number of halogens is 2. The van der Waals surface area contributed by atoms with Crippen LogP contribution < -0.4 is 10.1 Å². The summed E-state index contributed by atoms with van der Waals surface area (Å²) in [5.41, 5.74) is 0.236. The first-order valence-electron chi connectivity index (χ1n) is 5.20. The topological polar surface area (TPSA) is 47.0 Å². The average molecular weight is 251 g/mol. The van der Waals surface area contributed by atoms with Crippen molar-refractivity contribution in [3.8, 4) is 17.0 Å². The van der Waals surface area contributed by atoms with E-state index in [0.717, 1.165) is 6.20 Å². The maximum atomic E-state index is 13.7. The van der Waals surface area contributed by atoms with Crippen LogP contribution in [-0.2, 0) is 0 Å². The summed E-state index contributed by atoms with van der Waals surface area (Å²) in [6, 6.07) is 3.83. The second kappa shape index (κ2) is 4.95. The fraction of sp³-hybridized carbons (Fsp3) is 0.167. The van der Waals surface area contributed by atoms with E-state index in [2.05, 4.69) is 15.3 Å². The van der Waals surface area contributed by atoms with Crippen LogP contribution in [0, 0.1) is 11.6 Å². The SMILES string of the molecule is CNc1ncc(F)c(-c2cc(F)ccc2OC)n1. The molecule has 1 aromatic heterocycles. The number of benzene rings is 1. The highest BCUT2D eigenvalue weighted by Crippen LogP contribution is 2.31. The van der Waals surface area contributed by atoms with E-state index in [0.29, 0.717) is 5.75 Å². The Morgan fingerprint density at radius 2 is 2.06 bits per heavy atom. The van der Waals surface area contributed by atoms with Crippen LogP contribution in [0.25, 0.3) is 11.3 Å². The largest absolute Gasteiger partial charge is 0.496 e. The molecule has 2 aromatic rings. The van der Waals surface area contributed by atoms with Gasteiger partial charge in [-0.25, -0.2) is 18.7 Å². The van der Waals surface area contributed by atoms with Crippen LogP contribution in [0.5, 0.6) is 5.75 Å². The lowest BCUT2D eigenvalue weighted by atomic mass is 10.1. The van der Waals surface area contributed by atoms with Crippen LogP contribution in [0.4, 0.5) is 14.7 Å².